The van der Waals surface area contributed by atoms with Crippen LogP contribution in [0.4, 0.5) is 5.00 Å². The van der Waals surface area contributed by atoms with Gasteiger partial charge in [0.05, 0.1) is 12.2 Å². The van der Waals surface area contributed by atoms with Gasteiger partial charge in [-0.25, -0.2) is 0 Å². The lowest BCUT2D eigenvalue weighted by atomic mass is 10.1. The molecule has 3 rings (SSSR count). The molecule has 2 N–H and O–H groups in total. The van der Waals surface area contributed by atoms with Gasteiger partial charge in [-0.3, -0.25) is 10.1 Å². The van der Waals surface area contributed by atoms with E-state index >= 15 is 0 Å². The summed E-state index contributed by atoms with van der Waals surface area (Å²) in [7, 11) is 1.61. The first-order valence-electron chi connectivity index (χ1n) is 8.51. The summed E-state index contributed by atoms with van der Waals surface area (Å²) in [6.45, 7) is 0.946. The summed E-state index contributed by atoms with van der Waals surface area (Å²) < 4.78 is 10.4. The fourth-order valence-corrected chi connectivity index (χ4v) is 4.37. The minimum Gasteiger partial charge on any atom is -0.491 e. The number of hydrogen-bond donors (Lipinski definition) is 2. The van der Waals surface area contributed by atoms with Crippen LogP contribution in [0.5, 0.6) is 5.75 Å². The molecular formula is C19H19N3O3S2. The highest BCUT2D eigenvalue weighted by Gasteiger charge is 2.22. The summed E-state index contributed by atoms with van der Waals surface area (Å²) in [5, 5.41) is 15.9. The van der Waals surface area contributed by atoms with Crippen LogP contribution in [0.25, 0.3) is 0 Å². The molecule has 1 heterocycles. The summed E-state index contributed by atoms with van der Waals surface area (Å²) in [6, 6.07) is 9.02. The molecule has 1 aromatic heterocycles. The number of amides is 1. The van der Waals surface area contributed by atoms with Crippen LogP contribution in [-0.4, -0.2) is 31.3 Å². The second-order valence-corrected chi connectivity index (χ2v) is 7.46. The average molecular weight is 402 g/mol. The highest BCUT2D eigenvalue weighted by molar-refractivity contribution is 7.80. The standard InChI is InChI=1S/C19H19N3O3S2/c1-24-9-10-25-13-7-5-12(6-8-13)17(23)21-19(26)22-18-15(11-20)14-3-2-4-16(14)27-18/h5-8H,2-4,9-10H2,1H3,(H2,21,22,23,26). The van der Waals surface area contributed by atoms with Crippen LogP contribution in [-0.2, 0) is 17.6 Å². The number of benzene rings is 1. The van der Waals surface area contributed by atoms with E-state index in [9.17, 15) is 10.1 Å². The normalized spacial score (nSPS) is 12.1. The topological polar surface area (TPSA) is 83.4 Å². The van der Waals surface area contributed by atoms with Crippen molar-refractivity contribution >= 4 is 39.6 Å². The van der Waals surface area contributed by atoms with E-state index in [0.29, 0.717) is 35.1 Å². The molecule has 0 saturated carbocycles. The summed E-state index contributed by atoms with van der Waals surface area (Å²) in [5.41, 5.74) is 2.22. The van der Waals surface area contributed by atoms with Crippen molar-refractivity contribution in [1.29, 1.82) is 5.26 Å². The monoisotopic (exact) mass is 401 g/mol. The lowest BCUT2D eigenvalue weighted by Gasteiger charge is -2.10. The molecule has 0 aliphatic heterocycles. The van der Waals surface area contributed by atoms with Crippen molar-refractivity contribution in [2.24, 2.45) is 0 Å². The quantitative estimate of drug-likeness (QED) is 0.571. The number of methoxy groups -OCH3 is 1. The summed E-state index contributed by atoms with van der Waals surface area (Å²) in [4.78, 5) is 13.6. The zero-order valence-corrected chi connectivity index (χ0v) is 16.5. The molecule has 0 radical (unpaired) electrons. The number of fused-ring (bicyclic) bond motifs is 1. The number of nitriles is 1. The third kappa shape index (κ3) is 4.63. The van der Waals surface area contributed by atoms with E-state index in [1.54, 1.807) is 31.4 Å². The Morgan fingerprint density at radius 2 is 2.07 bits per heavy atom. The predicted octanol–water partition coefficient (Wildman–Crippen LogP) is 3.26. The predicted molar refractivity (Wildman–Crippen MR) is 109 cm³/mol. The minimum atomic E-state index is -0.321. The van der Waals surface area contributed by atoms with Gasteiger partial charge in [-0.2, -0.15) is 5.26 Å². The molecule has 0 atom stereocenters. The Morgan fingerprint density at radius 1 is 1.30 bits per heavy atom. The van der Waals surface area contributed by atoms with Gasteiger partial charge in [0.25, 0.3) is 5.91 Å². The van der Waals surface area contributed by atoms with Crippen molar-refractivity contribution < 1.29 is 14.3 Å². The number of nitrogens with zero attached hydrogens (tertiary/aromatic N) is 1. The van der Waals surface area contributed by atoms with Crippen molar-refractivity contribution in [1.82, 2.24) is 5.32 Å². The first kappa shape index (κ1) is 19.3. The van der Waals surface area contributed by atoms with E-state index in [1.165, 1.54) is 16.2 Å². The SMILES string of the molecule is COCCOc1ccc(C(=O)NC(=S)Nc2sc3c(c2C#N)CCC3)cc1. The maximum absolute atomic E-state index is 12.3. The Hall–Kier alpha value is -2.47. The van der Waals surface area contributed by atoms with Crippen molar-refractivity contribution in [3.8, 4) is 11.8 Å². The van der Waals surface area contributed by atoms with E-state index in [-0.39, 0.29) is 11.0 Å². The molecule has 8 heteroatoms. The molecule has 140 valence electrons. The molecule has 27 heavy (non-hydrogen) atoms. The van der Waals surface area contributed by atoms with Crippen LogP contribution in [0.15, 0.2) is 24.3 Å². The number of carbonyl (C=O) groups excluding carboxylic acids is 1. The number of thiophene rings is 1. The molecule has 1 amide bonds. The van der Waals surface area contributed by atoms with E-state index in [1.807, 2.05) is 0 Å². The van der Waals surface area contributed by atoms with Crippen LogP contribution in [0.1, 0.15) is 32.8 Å². The van der Waals surface area contributed by atoms with Crippen LogP contribution in [0, 0.1) is 11.3 Å². The first-order chi connectivity index (χ1) is 13.1. The molecule has 0 fully saturated rings. The number of ether oxygens (including phenoxy) is 2. The molecule has 1 aromatic carbocycles. The van der Waals surface area contributed by atoms with E-state index in [2.05, 4.69) is 16.7 Å². The average Bonchev–Trinajstić information content (AvgIpc) is 3.23. The zero-order valence-electron chi connectivity index (χ0n) is 14.8. The van der Waals surface area contributed by atoms with Gasteiger partial charge < -0.3 is 14.8 Å². The number of carbonyl (C=O) groups is 1. The van der Waals surface area contributed by atoms with Gasteiger partial charge in [0.2, 0.25) is 0 Å². The van der Waals surface area contributed by atoms with E-state index in [0.717, 1.165) is 24.8 Å². The zero-order chi connectivity index (χ0) is 19.2. The molecule has 2 aromatic rings. The highest BCUT2D eigenvalue weighted by atomic mass is 32.1. The third-order valence-electron chi connectivity index (χ3n) is 4.16. The lowest BCUT2D eigenvalue weighted by molar-refractivity contribution is 0.0977. The number of anilines is 1. The maximum atomic E-state index is 12.3. The summed E-state index contributed by atoms with van der Waals surface area (Å²) in [5.74, 6) is 0.342. The molecule has 0 spiro atoms. The Balaban J connectivity index is 1.58. The van der Waals surface area contributed by atoms with Gasteiger partial charge in [-0.05, 0) is 61.3 Å². The summed E-state index contributed by atoms with van der Waals surface area (Å²) >= 11 is 6.78. The number of hydrogen-bond acceptors (Lipinski definition) is 6. The van der Waals surface area contributed by atoms with E-state index < -0.39 is 0 Å². The van der Waals surface area contributed by atoms with Crippen molar-refractivity contribution in [2.75, 3.05) is 25.6 Å². The minimum absolute atomic E-state index is 0.178. The van der Waals surface area contributed by atoms with Crippen LogP contribution < -0.4 is 15.4 Å². The Labute approximate surface area is 167 Å². The molecule has 6 nitrogen and oxygen atoms in total. The third-order valence-corrected chi connectivity index (χ3v) is 5.57. The first-order valence-corrected chi connectivity index (χ1v) is 9.73. The van der Waals surface area contributed by atoms with Gasteiger partial charge in [0, 0.05) is 17.6 Å². The van der Waals surface area contributed by atoms with Crippen LogP contribution in [0.2, 0.25) is 0 Å². The molecule has 0 unspecified atom stereocenters. The molecule has 0 saturated heterocycles. The lowest BCUT2D eigenvalue weighted by Crippen LogP contribution is -2.34. The summed E-state index contributed by atoms with van der Waals surface area (Å²) in [6.07, 6.45) is 3.01. The Kier molecular flexibility index (Phi) is 6.40. The number of nitrogens with one attached hydrogen (secondary N) is 2. The fraction of sp³-hybridized carbons (Fsp3) is 0.316. The maximum Gasteiger partial charge on any atom is 0.257 e. The van der Waals surface area contributed by atoms with Crippen molar-refractivity contribution in [3.05, 3.63) is 45.8 Å². The van der Waals surface area contributed by atoms with Gasteiger partial charge in [-0.15, -0.1) is 11.3 Å². The van der Waals surface area contributed by atoms with Gasteiger partial charge in [-0.1, -0.05) is 0 Å². The van der Waals surface area contributed by atoms with Crippen molar-refractivity contribution in [2.45, 2.75) is 19.3 Å². The van der Waals surface area contributed by atoms with E-state index in [4.69, 9.17) is 21.7 Å². The second kappa shape index (κ2) is 8.95. The van der Waals surface area contributed by atoms with Crippen LogP contribution >= 0.6 is 23.6 Å². The highest BCUT2D eigenvalue weighted by Crippen LogP contribution is 2.38. The molecule has 0 bridgehead atoms. The largest absolute Gasteiger partial charge is 0.491 e. The number of aryl methyl sites for hydroxylation is 1. The Morgan fingerprint density at radius 3 is 2.78 bits per heavy atom. The molecule has 1 aliphatic rings. The van der Waals surface area contributed by atoms with Gasteiger partial charge in [0.15, 0.2) is 5.11 Å². The fourth-order valence-electron chi connectivity index (χ4n) is 2.87. The molecular weight excluding hydrogens is 382 g/mol. The number of rotatable bonds is 6. The second-order valence-electron chi connectivity index (χ2n) is 5.95. The van der Waals surface area contributed by atoms with Crippen molar-refractivity contribution in [3.63, 3.8) is 0 Å². The number of thiocarbonyl (C=S) groups is 1. The smallest absolute Gasteiger partial charge is 0.257 e. The van der Waals surface area contributed by atoms with Crippen LogP contribution in [0.3, 0.4) is 0 Å². The Bertz CT molecular complexity index is 885. The molecule has 1 aliphatic carbocycles. The van der Waals surface area contributed by atoms with Gasteiger partial charge in [0.1, 0.15) is 23.4 Å². The van der Waals surface area contributed by atoms with Gasteiger partial charge >= 0.3 is 0 Å².